The Kier molecular flexibility index (Phi) is 5.34. The zero-order valence-electron chi connectivity index (χ0n) is 8.22. The van der Waals surface area contributed by atoms with Crippen LogP contribution >= 0.6 is 27.5 Å². The van der Waals surface area contributed by atoms with E-state index in [0.29, 0.717) is 5.88 Å². The predicted molar refractivity (Wildman–Crippen MR) is 64.1 cm³/mol. The van der Waals surface area contributed by atoms with E-state index in [2.05, 4.69) is 22.9 Å². The van der Waals surface area contributed by atoms with E-state index in [-0.39, 0.29) is 0 Å². The number of alkyl halides is 1. The van der Waals surface area contributed by atoms with E-state index in [0.717, 1.165) is 35.2 Å². The number of benzene rings is 1. The molecule has 0 saturated carbocycles. The van der Waals surface area contributed by atoms with Gasteiger partial charge in [0.2, 0.25) is 0 Å². The Morgan fingerprint density at radius 3 is 2.79 bits per heavy atom. The average Bonchev–Trinajstić information content (AvgIpc) is 2.20. The molecule has 0 aliphatic heterocycles. The van der Waals surface area contributed by atoms with E-state index < -0.39 is 0 Å². The number of ether oxygens (including phenoxy) is 1. The molecule has 1 nitrogen and oxygen atoms in total. The van der Waals surface area contributed by atoms with Crippen molar-refractivity contribution >= 4 is 27.5 Å². The minimum absolute atomic E-state index is 0.536. The van der Waals surface area contributed by atoms with E-state index >= 15 is 0 Å². The van der Waals surface area contributed by atoms with Gasteiger partial charge >= 0.3 is 0 Å². The first-order chi connectivity index (χ1) is 6.77. The Hall–Kier alpha value is -0.210. The zero-order chi connectivity index (χ0) is 10.4. The molecule has 0 saturated heterocycles. The Labute approximate surface area is 98.5 Å². The molecule has 14 heavy (non-hydrogen) atoms. The lowest BCUT2D eigenvalue weighted by Crippen LogP contribution is -1.97. The van der Waals surface area contributed by atoms with Crippen LogP contribution in [0.15, 0.2) is 22.7 Å². The van der Waals surface area contributed by atoms with Gasteiger partial charge in [0.1, 0.15) is 5.75 Å². The van der Waals surface area contributed by atoms with E-state index in [1.54, 1.807) is 0 Å². The SMILES string of the molecule is CCCCOc1ccc(CCl)cc1Br. The molecule has 0 radical (unpaired) electrons. The van der Waals surface area contributed by atoms with E-state index in [1.807, 2.05) is 18.2 Å². The second-order valence-corrected chi connectivity index (χ2v) is 4.22. The Morgan fingerprint density at radius 1 is 1.43 bits per heavy atom. The maximum absolute atomic E-state index is 5.72. The lowest BCUT2D eigenvalue weighted by molar-refractivity contribution is 0.307. The molecule has 0 fully saturated rings. The summed E-state index contributed by atoms with van der Waals surface area (Å²) in [6, 6.07) is 5.94. The monoisotopic (exact) mass is 276 g/mol. The normalized spacial score (nSPS) is 10.2. The van der Waals surface area contributed by atoms with Crippen molar-refractivity contribution in [2.75, 3.05) is 6.61 Å². The van der Waals surface area contributed by atoms with E-state index in [9.17, 15) is 0 Å². The number of hydrogen-bond donors (Lipinski definition) is 0. The van der Waals surface area contributed by atoms with Crippen molar-refractivity contribution in [2.24, 2.45) is 0 Å². The molecular formula is C11H14BrClO. The van der Waals surface area contributed by atoms with Gasteiger partial charge < -0.3 is 4.74 Å². The average molecular weight is 278 g/mol. The van der Waals surface area contributed by atoms with Gasteiger partial charge in [0.05, 0.1) is 11.1 Å². The third-order valence-corrected chi connectivity index (χ3v) is 2.83. The summed E-state index contributed by atoms with van der Waals surface area (Å²) in [4.78, 5) is 0. The van der Waals surface area contributed by atoms with Crippen LogP contribution in [0.25, 0.3) is 0 Å². The van der Waals surface area contributed by atoms with Gasteiger partial charge in [-0.05, 0) is 40.0 Å². The predicted octanol–water partition coefficient (Wildman–Crippen LogP) is 4.37. The minimum Gasteiger partial charge on any atom is -0.492 e. The van der Waals surface area contributed by atoms with Crippen LogP contribution < -0.4 is 4.74 Å². The molecular weight excluding hydrogens is 263 g/mol. The molecule has 0 aliphatic rings. The molecule has 0 heterocycles. The first-order valence-corrected chi connectivity index (χ1v) is 6.08. The molecule has 0 N–H and O–H groups in total. The van der Waals surface area contributed by atoms with Gasteiger partial charge in [0.15, 0.2) is 0 Å². The van der Waals surface area contributed by atoms with Crippen LogP contribution in [-0.4, -0.2) is 6.61 Å². The largest absolute Gasteiger partial charge is 0.492 e. The molecule has 0 unspecified atom stereocenters. The van der Waals surface area contributed by atoms with Crippen molar-refractivity contribution in [3.05, 3.63) is 28.2 Å². The Bertz CT molecular complexity index is 289. The Balaban J connectivity index is 2.59. The molecule has 0 atom stereocenters. The fraction of sp³-hybridized carbons (Fsp3) is 0.455. The van der Waals surface area contributed by atoms with Crippen molar-refractivity contribution in [3.8, 4) is 5.75 Å². The number of unbranched alkanes of at least 4 members (excludes halogenated alkanes) is 1. The lowest BCUT2D eigenvalue weighted by atomic mass is 10.2. The summed E-state index contributed by atoms with van der Waals surface area (Å²) >= 11 is 9.17. The molecule has 3 heteroatoms. The van der Waals surface area contributed by atoms with Crippen LogP contribution in [-0.2, 0) is 5.88 Å². The summed E-state index contributed by atoms with van der Waals surface area (Å²) in [5.74, 6) is 1.43. The molecule has 0 spiro atoms. The second-order valence-electron chi connectivity index (χ2n) is 3.10. The molecule has 78 valence electrons. The first kappa shape index (κ1) is 11.9. The topological polar surface area (TPSA) is 9.23 Å². The van der Waals surface area contributed by atoms with Crippen LogP contribution in [0.3, 0.4) is 0 Å². The van der Waals surface area contributed by atoms with Crippen molar-refractivity contribution < 1.29 is 4.74 Å². The molecule has 0 amide bonds. The van der Waals surface area contributed by atoms with Crippen molar-refractivity contribution in [1.29, 1.82) is 0 Å². The van der Waals surface area contributed by atoms with Crippen molar-refractivity contribution in [3.63, 3.8) is 0 Å². The zero-order valence-corrected chi connectivity index (χ0v) is 10.6. The first-order valence-electron chi connectivity index (χ1n) is 4.75. The highest BCUT2D eigenvalue weighted by atomic mass is 79.9. The molecule has 1 aromatic carbocycles. The highest BCUT2D eigenvalue weighted by Gasteiger charge is 2.01. The van der Waals surface area contributed by atoms with Crippen LogP contribution in [0.4, 0.5) is 0 Å². The minimum atomic E-state index is 0.536. The quantitative estimate of drug-likeness (QED) is 0.574. The van der Waals surface area contributed by atoms with Gasteiger partial charge in [-0.15, -0.1) is 11.6 Å². The van der Waals surface area contributed by atoms with Gasteiger partial charge in [-0.25, -0.2) is 0 Å². The molecule has 1 aromatic rings. The van der Waals surface area contributed by atoms with Gasteiger partial charge in [-0.1, -0.05) is 19.4 Å². The van der Waals surface area contributed by atoms with Gasteiger partial charge in [-0.2, -0.15) is 0 Å². The van der Waals surface area contributed by atoms with Crippen molar-refractivity contribution in [1.82, 2.24) is 0 Å². The van der Waals surface area contributed by atoms with E-state index in [4.69, 9.17) is 16.3 Å². The number of halogens is 2. The maximum Gasteiger partial charge on any atom is 0.133 e. The molecule has 0 bridgehead atoms. The summed E-state index contributed by atoms with van der Waals surface area (Å²) in [6.45, 7) is 2.92. The lowest BCUT2D eigenvalue weighted by Gasteiger charge is -2.08. The summed E-state index contributed by atoms with van der Waals surface area (Å²) in [7, 11) is 0. The number of rotatable bonds is 5. The van der Waals surface area contributed by atoms with Crippen LogP contribution in [0, 0.1) is 0 Å². The van der Waals surface area contributed by atoms with E-state index in [1.165, 1.54) is 0 Å². The third kappa shape index (κ3) is 3.50. The highest BCUT2D eigenvalue weighted by molar-refractivity contribution is 9.10. The van der Waals surface area contributed by atoms with Gasteiger partial charge in [-0.3, -0.25) is 0 Å². The fourth-order valence-corrected chi connectivity index (χ4v) is 1.78. The molecule has 1 rings (SSSR count). The van der Waals surface area contributed by atoms with Gasteiger partial charge in [0.25, 0.3) is 0 Å². The smallest absolute Gasteiger partial charge is 0.133 e. The number of hydrogen-bond acceptors (Lipinski definition) is 1. The van der Waals surface area contributed by atoms with Crippen LogP contribution in [0.1, 0.15) is 25.3 Å². The molecule has 0 aromatic heterocycles. The van der Waals surface area contributed by atoms with Gasteiger partial charge in [0, 0.05) is 5.88 Å². The third-order valence-electron chi connectivity index (χ3n) is 1.91. The van der Waals surface area contributed by atoms with Crippen LogP contribution in [0.2, 0.25) is 0 Å². The summed E-state index contributed by atoms with van der Waals surface area (Å²) in [5, 5.41) is 0. The summed E-state index contributed by atoms with van der Waals surface area (Å²) < 4.78 is 6.57. The fourth-order valence-electron chi connectivity index (χ4n) is 1.07. The summed E-state index contributed by atoms with van der Waals surface area (Å²) in [6.07, 6.45) is 2.24. The standard InChI is InChI=1S/C11H14BrClO/c1-2-3-6-14-11-5-4-9(8-13)7-10(11)12/h4-5,7H,2-3,6,8H2,1H3. The molecule has 0 aliphatic carbocycles. The van der Waals surface area contributed by atoms with Crippen LogP contribution in [0.5, 0.6) is 5.75 Å². The maximum atomic E-state index is 5.72. The highest BCUT2D eigenvalue weighted by Crippen LogP contribution is 2.26. The Morgan fingerprint density at radius 2 is 2.21 bits per heavy atom. The van der Waals surface area contributed by atoms with Crippen molar-refractivity contribution in [2.45, 2.75) is 25.6 Å². The summed E-state index contributed by atoms with van der Waals surface area (Å²) in [5.41, 5.74) is 1.10. The second kappa shape index (κ2) is 6.31.